The maximum absolute atomic E-state index is 7.12. The van der Waals surface area contributed by atoms with Gasteiger partial charge in [-0.05, 0) is 92.9 Å². The first-order valence-corrected chi connectivity index (χ1v) is 19.8. The minimum atomic E-state index is -1.95. The smallest absolute Gasteiger partial charge is 0.330 e. The van der Waals surface area contributed by atoms with Crippen molar-refractivity contribution in [1.29, 1.82) is 0 Å². The molecule has 0 aromatic carbocycles. The molecule has 0 fully saturated rings. The Morgan fingerprint density at radius 2 is 1.20 bits per heavy atom. The summed E-state index contributed by atoms with van der Waals surface area (Å²) in [5, 5.41) is 0. The molecule has 49 heavy (non-hydrogen) atoms. The van der Waals surface area contributed by atoms with Gasteiger partial charge in [0, 0.05) is 6.61 Å². The van der Waals surface area contributed by atoms with Gasteiger partial charge in [-0.25, -0.2) is 4.89 Å². The van der Waals surface area contributed by atoms with Crippen LogP contribution in [0.25, 0.3) is 0 Å². The Balaban J connectivity index is 8.32. The van der Waals surface area contributed by atoms with Gasteiger partial charge in [-0.15, -0.1) is 0 Å². The Labute approximate surface area is 303 Å². The predicted octanol–water partition coefficient (Wildman–Crippen LogP) is 11.0. The van der Waals surface area contributed by atoms with E-state index in [2.05, 4.69) is 55.4 Å². The Bertz CT molecular complexity index is 803. The molecule has 0 radical (unpaired) electrons. The van der Waals surface area contributed by atoms with Gasteiger partial charge in [0.1, 0.15) is 0 Å². The number of unbranched alkanes of at least 4 members (excludes halogenated alkanes) is 4. The first-order chi connectivity index (χ1) is 22.9. The third-order valence-electron chi connectivity index (χ3n) is 8.47. The zero-order chi connectivity index (χ0) is 37.7. The number of hydrogen-bond donors (Lipinski definition) is 0. The maximum atomic E-state index is 7.12. The van der Waals surface area contributed by atoms with Crippen molar-refractivity contribution < 1.29 is 42.9 Å². The normalized spacial score (nSPS) is 19.0. The summed E-state index contributed by atoms with van der Waals surface area (Å²) in [7, 11) is 0. The van der Waals surface area contributed by atoms with E-state index in [-0.39, 0.29) is 30.1 Å². The van der Waals surface area contributed by atoms with Crippen molar-refractivity contribution in [2.75, 3.05) is 26.4 Å². The number of rotatable bonds is 31. The van der Waals surface area contributed by atoms with Gasteiger partial charge in [0.2, 0.25) is 0 Å². The third kappa shape index (κ3) is 16.9. The fourth-order valence-corrected chi connectivity index (χ4v) is 4.98. The molecule has 0 aliphatic rings. The van der Waals surface area contributed by atoms with E-state index >= 15 is 0 Å². The number of hydrogen-bond acceptors (Lipinski definition) is 9. The molecule has 7 unspecified atom stereocenters. The monoisotopic (exact) mass is 707 g/mol. The summed E-state index contributed by atoms with van der Waals surface area (Å²) in [4.78, 5) is 13.0. The van der Waals surface area contributed by atoms with E-state index in [4.69, 9.17) is 42.9 Å². The molecule has 0 amide bonds. The van der Waals surface area contributed by atoms with Crippen LogP contribution < -0.4 is 0 Å². The van der Waals surface area contributed by atoms with E-state index in [1.54, 1.807) is 0 Å². The minimum absolute atomic E-state index is 0.144. The lowest BCUT2D eigenvalue weighted by Crippen LogP contribution is -2.74. The molecule has 7 atom stereocenters. The van der Waals surface area contributed by atoms with Gasteiger partial charge in [0.25, 0.3) is 0 Å². The quantitative estimate of drug-likeness (QED) is 0.0303. The van der Waals surface area contributed by atoms with Crippen molar-refractivity contribution in [2.24, 2.45) is 17.3 Å². The Morgan fingerprint density at radius 1 is 0.592 bits per heavy atom. The lowest BCUT2D eigenvalue weighted by Gasteiger charge is -2.57. The predicted molar refractivity (Wildman–Crippen MR) is 199 cm³/mol. The van der Waals surface area contributed by atoms with Crippen LogP contribution >= 0.6 is 0 Å². The van der Waals surface area contributed by atoms with Crippen LogP contribution in [0.1, 0.15) is 175 Å². The van der Waals surface area contributed by atoms with Crippen LogP contribution in [0.3, 0.4) is 0 Å². The zero-order valence-corrected chi connectivity index (χ0v) is 35.0. The first-order valence-electron chi connectivity index (χ1n) is 19.8. The maximum Gasteiger partial charge on any atom is 0.330 e. The fourth-order valence-electron chi connectivity index (χ4n) is 4.98. The molecule has 0 aliphatic heterocycles. The molecule has 0 aromatic heterocycles. The first kappa shape index (κ1) is 48.6. The van der Waals surface area contributed by atoms with Crippen LogP contribution in [0.2, 0.25) is 0 Å². The van der Waals surface area contributed by atoms with Gasteiger partial charge in [0.05, 0.1) is 43.7 Å². The summed E-state index contributed by atoms with van der Waals surface area (Å²) in [5.41, 5.74) is -2.34. The van der Waals surface area contributed by atoms with Crippen molar-refractivity contribution in [2.45, 2.75) is 217 Å². The van der Waals surface area contributed by atoms with Gasteiger partial charge in [0.15, 0.2) is 11.7 Å². The van der Waals surface area contributed by atoms with Crippen LogP contribution in [0.15, 0.2) is 0 Å². The van der Waals surface area contributed by atoms with E-state index in [0.29, 0.717) is 32.8 Å². The van der Waals surface area contributed by atoms with Gasteiger partial charge in [-0.2, -0.15) is 4.89 Å². The van der Waals surface area contributed by atoms with Crippen molar-refractivity contribution in [1.82, 2.24) is 0 Å². The summed E-state index contributed by atoms with van der Waals surface area (Å²) in [6.07, 6.45) is 7.17. The van der Waals surface area contributed by atoms with Crippen LogP contribution in [0.4, 0.5) is 0 Å². The highest BCUT2D eigenvalue weighted by Crippen LogP contribution is 2.55. The van der Waals surface area contributed by atoms with E-state index in [0.717, 1.165) is 57.8 Å². The molecule has 0 N–H and O–H groups in total. The topological polar surface area (TPSA) is 83.1 Å². The molecule has 0 bridgehead atoms. The summed E-state index contributed by atoms with van der Waals surface area (Å²) in [6, 6.07) is 0. The van der Waals surface area contributed by atoms with Crippen molar-refractivity contribution >= 4 is 0 Å². The molecule has 0 rings (SSSR count). The van der Waals surface area contributed by atoms with Gasteiger partial charge in [-0.3, -0.25) is 0 Å². The molecule has 9 nitrogen and oxygen atoms in total. The highest BCUT2D eigenvalue weighted by molar-refractivity contribution is 4.99. The summed E-state index contributed by atoms with van der Waals surface area (Å²) in [6.45, 7) is 34.3. The second-order valence-electron chi connectivity index (χ2n) is 15.8. The molecule has 0 aliphatic carbocycles. The van der Waals surface area contributed by atoms with Crippen LogP contribution in [-0.2, 0) is 42.9 Å². The molecule has 0 spiro atoms. The van der Waals surface area contributed by atoms with Crippen molar-refractivity contribution in [3.8, 4) is 0 Å². The Kier molecular flexibility index (Phi) is 24.6. The van der Waals surface area contributed by atoms with Crippen LogP contribution in [0, 0.1) is 17.3 Å². The van der Waals surface area contributed by atoms with Gasteiger partial charge >= 0.3 is 11.9 Å². The average molecular weight is 707 g/mol. The lowest BCUT2D eigenvalue weighted by molar-refractivity contribution is -0.609. The highest BCUT2D eigenvalue weighted by atomic mass is 17.3. The molecule has 296 valence electrons. The standard InChI is InChI=1S/C40H82O9/c1-17-22-25-28-42-39(44-30-33(10)20-4,49-47-35(12)26-23-18-2)38(16,36(45-32(8)9)41-27-24-19-3)40(43-29-31(6)7,46-34(11)21-5)48-37(13,14)15/h31-36H,17-30H2,1-16H3. The highest BCUT2D eigenvalue weighted by Gasteiger charge is 2.74. The fraction of sp³-hybridized carbons (Fsp3) is 1.00. The van der Waals surface area contributed by atoms with E-state index in [9.17, 15) is 0 Å². The second kappa shape index (κ2) is 24.8. The van der Waals surface area contributed by atoms with Crippen molar-refractivity contribution in [3.63, 3.8) is 0 Å². The second-order valence-corrected chi connectivity index (χ2v) is 15.8. The molecule has 0 heterocycles. The molecule has 0 aromatic rings. The van der Waals surface area contributed by atoms with E-state index < -0.39 is 29.3 Å². The SMILES string of the molecule is CCCCCOC(OCC(C)CC)(OOC(C)CCCC)C(C)(C(OCCCC)OC(C)C)C(OCC(C)C)(OC(C)CC)OC(C)(C)C. The average Bonchev–Trinajstić information content (AvgIpc) is 3.03. The minimum Gasteiger partial charge on any atom is -0.351 e. The van der Waals surface area contributed by atoms with Gasteiger partial charge < -0.3 is 33.2 Å². The third-order valence-corrected chi connectivity index (χ3v) is 8.47. The lowest BCUT2D eigenvalue weighted by atomic mass is 9.81. The van der Waals surface area contributed by atoms with Gasteiger partial charge in [-0.1, -0.05) is 93.9 Å². The summed E-state index contributed by atoms with van der Waals surface area (Å²) >= 11 is 0. The largest absolute Gasteiger partial charge is 0.351 e. The molecular formula is C40H82O9. The Hall–Kier alpha value is -0.360. The van der Waals surface area contributed by atoms with Crippen LogP contribution in [0.5, 0.6) is 0 Å². The summed E-state index contributed by atoms with van der Waals surface area (Å²) < 4.78 is 48.8. The van der Waals surface area contributed by atoms with E-state index in [1.807, 2.05) is 55.4 Å². The molecular weight excluding hydrogens is 624 g/mol. The van der Waals surface area contributed by atoms with E-state index in [1.165, 1.54) is 0 Å². The Morgan fingerprint density at radius 3 is 1.71 bits per heavy atom. The number of ether oxygens (including phenoxy) is 7. The van der Waals surface area contributed by atoms with Crippen LogP contribution in [-0.4, -0.2) is 68.6 Å². The summed E-state index contributed by atoms with van der Waals surface area (Å²) in [5.74, 6) is -3.48. The molecule has 0 saturated heterocycles. The van der Waals surface area contributed by atoms with Crippen molar-refractivity contribution in [3.05, 3.63) is 0 Å². The zero-order valence-electron chi connectivity index (χ0n) is 35.0. The molecule has 0 saturated carbocycles. The molecule has 9 heteroatoms.